The van der Waals surface area contributed by atoms with Gasteiger partial charge in [-0.25, -0.2) is 9.97 Å². The average molecular weight is 171 g/mol. The van der Waals surface area contributed by atoms with E-state index < -0.39 is 0 Å². The summed E-state index contributed by atoms with van der Waals surface area (Å²) in [7, 11) is 0. The van der Waals surface area contributed by atoms with Gasteiger partial charge in [0.2, 0.25) is 0 Å². The summed E-state index contributed by atoms with van der Waals surface area (Å²) in [5.74, 6) is 0.182. The van der Waals surface area contributed by atoms with Crippen molar-refractivity contribution in [2.24, 2.45) is 0 Å². The van der Waals surface area contributed by atoms with E-state index in [9.17, 15) is 5.11 Å². The van der Waals surface area contributed by atoms with Gasteiger partial charge in [-0.3, -0.25) is 0 Å². The van der Waals surface area contributed by atoms with Crippen LogP contribution in [0.25, 0.3) is 11.3 Å². The van der Waals surface area contributed by atoms with Crippen LogP contribution in [0.2, 0.25) is 0 Å². The van der Waals surface area contributed by atoms with Crippen LogP contribution in [0.5, 0.6) is 5.75 Å². The fourth-order valence-electron chi connectivity index (χ4n) is 1.09. The molecule has 3 heteroatoms. The van der Waals surface area contributed by atoms with E-state index in [4.69, 9.17) is 0 Å². The van der Waals surface area contributed by atoms with E-state index in [1.165, 1.54) is 12.4 Å². The third kappa shape index (κ3) is 1.49. The molecule has 1 N–H and O–H groups in total. The molecular weight excluding hydrogens is 164 g/mol. The van der Waals surface area contributed by atoms with Crippen molar-refractivity contribution in [3.63, 3.8) is 0 Å². The van der Waals surface area contributed by atoms with E-state index in [1.807, 2.05) is 0 Å². The lowest BCUT2D eigenvalue weighted by molar-refractivity contribution is 0.477. The average Bonchev–Trinajstić information content (AvgIpc) is 2.20. The highest BCUT2D eigenvalue weighted by Crippen LogP contribution is 2.25. The van der Waals surface area contributed by atoms with Gasteiger partial charge in [-0.1, -0.05) is 6.07 Å². The molecule has 2 rings (SSSR count). The quantitative estimate of drug-likeness (QED) is 0.709. The van der Waals surface area contributed by atoms with Crippen LogP contribution in [0.4, 0.5) is 0 Å². The summed E-state index contributed by atoms with van der Waals surface area (Å²) in [5.41, 5.74) is 1.41. The Morgan fingerprint density at radius 1 is 1.31 bits per heavy atom. The summed E-state index contributed by atoms with van der Waals surface area (Å²) in [6.45, 7) is 0. The van der Waals surface area contributed by atoms with E-state index in [2.05, 4.69) is 16.0 Å². The first-order valence-electron chi connectivity index (χ1n) is 3.83. The fraction of sp³-hybridized carbons (Fsp3) is 0. The molecule has 1 radical (unpaired) electrons. The Hall–Kier alpha value is -1.90. The lowest BCUT2D eigenvalue weighted by Crippen LogP contribution is -1.83. The third-order valence-electron chi connectivity index (χ3n) is 1.70. The van der Waals surface area contributed by atoms with Gasteiger partial charge in [-0.15, -0.1) is 0 Å². The van der Waals surface area contributed by atoms with Gasteiger partial charge in [0, 0.05) is 11.8 Å². The second kappa shape index (κ2) is 3.23. The number of aromatic nitrogens is 2. The molecule has 0 bridgehead atoms. The van der Waals surface area contributed by atoms with Crippen LogP contribution in [-0.2, 0) is 0 Å². The summed E-state index contributed by atoms with van der Waals surface area (Å²) in [6, 6.07) is 9.53. The molecule has 0 spiro atoms. The highest BCUT2D eigenvalue weighted by atomic mass is 16.3. The predicted molar refractivity (Wildman–Crippen MR) is 48.0 cm³/mol. The molecule has 0 saturated carbocycles. The topological polar surface area (TPSA) is 46.0 Å². The van der Waals surface area contributed by atoms with E-state index in [-0.39, 0.29) is 5.75 Å². The number of hydrogen-bond donors (Lipinski definition) is 1. The minimum absolute atomic E-state index is 0.182. The van der Waals surface area contributed by atoms with Crippen LogP contribution in [0.3, 0.4) is 0 Å². The number of benzene rings is 1. The summed E-state index contributed by atoms with van der Waals surface area (Å²) in [4.78, 5) is 7.82. The number of phenolic OH excluding ortho intramolecular Hbond substituents is 1. The summed E-state index contributed by atoms with van der Waals surface area (Å²) >= 11 is 0. The maximum absolute atomic E-state index is 9.47. The molecule has 1 aromatic carbocycles. The van der Waals surface area contributed by atoms with Crippen LogP contribution in [0.1, 0.15) is 0 Å². The molecular formula is C10H7N2O. The van der Waals surface area contributed by atoms with Crippen molar-refractivity contribution in [2.45, 2.75) is 0 Å². The van der Waals surface area contributed by atoms with E-state index in [0.717, 1.165) is 0 Å². The SMILES string of the molecule is Oc1c[c]ccc1-c1ccncn1. The highest BCUT2D eigenvalue weighted by molar-refractivity contribution is 5.65. The largest absolute Gasteiger partial charge is 0.507 e. The minimum atomic E-state index is 0.182. The Morgan fingerprint density at radius 2 is 2.23 bits per heavy atom. The molecule has 1 aromatic heterocycles. The molecule has 1 heterocycles. The Labute approximate surface area is 75.7 Å². The molecule has 0 aliphatic heterocycles. The van der Waals surface area contributed by atoms with Gasteiger partial charge < -0.3 is 5.11 Å². The number of rotatable bonds is 1. The third-order valence-corrected chi connectivity index (χ3v) is 1.70. The van der Waals surface area contributed by atoms with Crippen LogP contribution in [0.15, 0.2) is 36.8 Å². The molecule has 0 aliphatic carbocycles. The Bertz CT molecular complexity index is 401. The number of phenols is 1. The van der Waals surface area contributed by atoms with E-state index in [1.54, 1.807) is 24.4 Å². The van der Waals surface area contributed by atoms with E-state index in [0.29, 0.717) is 11.3 Å². The first-order chi connectivity index (χ1) is 6.38. The van der Waals surface area contributed by atoms with Crippen LogP contribution < -0.4 is 0 Å². The van der Waals surface area contributed by atoms with Gasteiger partial charge in [0.15, 0.2) is 0 Å². The lowest BCUT2D eigenvalue weighted by atomic mass is 10.1. The summed E-state index contributed by atoms with van der Waals surface area (Å²) < 4.78 is 0. The minimum Gasteiger partial charge on any atom is -0.507 e. The standard InChI is InChI=1S/C10H7N2O/c13-10-4-2-1-3-8(10)9-5-6-11-7-12-9/h1,3-7,13H. The van der Waals surface area contributed by atoms with Crippen molar-refractivity contribution < 1.29 is 5.11 Å². The molecule has 0 saturated heterocycles. The molecule has 3 nitrogen and oxygen atoms in total. The first kappa shape index (κ1) is 7.73. The van der Waals surface area contributed by atoms with Crippen LogP contribution >= 0.6 is 0 Å². The first-order valence-corrected chi connectivity index (χ1v) is 3.83. The summed E-state index contributed by atoms with van der Waals surface area (Å²) in [6.07, 6.45) is 3.09. The Balaban J connectivity index is 2.54. The molecule has 0 amide bonds. The molecule has 0 aliphatic rings. The molecule has 2 aromatic rings. The Morgan fingerprint density at radius 3 is 2.92 bits per heavy atom. The summed E-state index contributed by atoms with van der Waals surface area (Å²) in [5, 5.41) is 9.47. The zero-order valence-electron chi connectivity index (χ0n) is 6.81. The van der Waals surface area contributed by atoms with Crippen molar-refractivity contribution in [3.8, 4) is 17.0 Å². The fourth-order valence-corrected chi connectivity index (χ4v) is 1.09. The molecule has 0 atom stereocenters. The van der Waals surface area contributed by atoms with Gasteiger partial charge >= 0.3 is 0 Å². The van der Waals surface area contributed by atoms with Crippen LogP contribution in [-0.4, -0.2) is 15.1 Å². The molecule has 13 heavy (non-hydrogen) atoms. The molecule has 63 valence electrons. The van der Waals surface area contributed by atoms with Crippen molar-refractivity contribution in [1.82, 2.24) is 9.97 Å². The van der Waals surface area contributed by atoms with Gasteiger partial charge in [-0.05, 0) is 24.3 Å². The predicted octanol–water partition coefficient (Wildman–Crippen LogP) is 1.65. The normalized spacial score (nSPS) is 9.85. The maximum Gasteiger partial charge on any atom is 0.125 e. The van der Waals surface area contributed by atoms with Crippen molar-refractivity contribution in [2.75, 3.05) is 0 Å². The van der Waals surface area contributed by atoms with Crippen molar-refractivity contribution in [1.29, 1.82) is 0 Å². The lowest BCUT2D eigenvalue weighted by Gasteiger charge is -2.01. The van der Waals surface area contributed by atoms with Gasteiger partial charge in [0.25, 0.3) is 0 Å². The Kier molecular flexibility index (Phi) is 1.92. The van der Waals surface area contributed by atoms with Crippen LogP contribution in [0, 0.1) is 6.07 Å². The smallest absolute Gasteiger partial charge is 0.125 e. The highest BCUT2D eigenvalue weighted by Gasteiger charge is 2.02. The number of nitrogens with zero attached hydrogens (tertiary/aromatic N) is 2. The van der Waals surface area contributed by atoms with Gasteiger partial charge in [0.1, 0.15) is 12.1 Å². The maximum atomic E-state index is 9.47. The van der Waals surface area contributed by atoms with Crippen molar-refractivity contribution >= 4 is 0 Å². The van der Waals surface area contributed by atoms with Gasteiger partial charge in [0.05, 0.1) is 5.69 Å². The molecule has 0 unspecified atom stereocenters. The van der Waals surface area contributed by atoms with E-state index >= 15 is 0 Å². The zero-order chi connectivity index (χ0) is 9.10. The monoisotopic (exact) mass is 171 g/mol. The zero-order valence-corrected chi connectivity index (χ0v) is 6.81. The second-order valence-electron chi connectivity index (χ2n) is 2.54. The molecule has 0 fully saturated rings. The van der Waals surface area contributed by atoms with Gasteiger partial charge in [-0.2, -0.15) is 0 Å². The second-order valence-corrected chi connectivity index (χ2v) is 2.54. The number of hydrogen-bond acceptors (Lipinski definition) is 3. The van der Waals surface area contributed by atoms with Crippen molar-refractivity contribution in [3.05, 3.63) is 42.9 Å². The number of aromatic hydroxyl groups is 1.